The Hall–Kier alpha value is -1.85. The lowest BCUT2D eigenvalue weighted by atomic mass is 9.98. The van der Waals surface area contributed by atoms with Gasteiger partial charge >= 0.3 is 0 Å². The van der Waals surface area contributed by atoms with Crippen LogP contribution in [0.15, 0.2) is 36.7 Å². The maximum Gasteiger partial charge on any atom is 0.0776 e. The summed E-state index contributed by atoms with van der Waals surface area (Å²) in [6.07, 6.45) is 3.74. The molecule has 0 aliphatic rings. The number of pyridine rings is 1. The number of rotatable bonds is 4. The van der Waals surface area contributed by atoms with Crippen LogP contribution in [0, 0.1) is 6.92 Å². The quantitative estimate of drug-likeness (QED) is 0.800. The van der Waals surface area contributed by atoms with E-state index in [2.05, 4.69) is 51.1 Å². The van der Waals surface area contributed by atoms with Crippen LogP contribution in [0.2, 0.25) is 0 Å². The molecule has 1 N–H and O–H groups in total. The van der Waals surface area contributed by atoms with Crippen molar-refractivity contribution in [2.24, 2.45) is 0 Å². The van der Waals surface area contributed by atoms with Gasteiger partial charge < -0.3 is 5.32 Å². The minimum Gasteiger partial charge on any atom is -0.306 e. The van der Waals surface area contributed by atoms with Crippen LogP contribution in [0.4, 0.5) is 0 Å². The van der Waals surface area contributed by atoms with Crippen molar-refractivity contribution in [3.8, 4) is 0 Å². The van der Waals surface area contributed by atoms with Gasteiger partial charge in [0, 0.05) is 17.8 Å². The molecule has 0 spiro atoms. The molecule has 1 atom stereocenters. The third kappa shape index (κ3) is 2.30. The molecule has 0 amide bonds. The van der Waals surface area contributed by atoms with Crippen LogP contribution in [-0.2, 0) is 0 Å². The molecule has 2 aromatic heterocycles. The van der Waals surface area contributed by atoms with Crippen LogP contribution >= 0.6 is 11.5 Å². The molecule has 1 unspecified atom stereocenters. The zero-order chi connectivity index (χ0) is 13.9. The molecule has 0 saturated heterocycles. The summed E-state index contributed by atoms with van der Waals surface area (Å²) in [6.45, 7) is 5.02. The predicted molar refractivity (Wildman–Crippen MR) is 81.9 cm³/mol. The lowest BCUT2D eigenvalue weighted by Gasteiger charge is -2.19. The van der Waals surface area contributed by atoms with E-state index >= 15 is 0 Å². The van der Waals surface area contributed by atoms with Gasteiger partial charge in [0.2, 0.25) is 0 Å². The fraction of sp³-hybridized carbons (Fsp3) is 0.267. The standard InChI is InChI=1S/C15H16N4S/c1-3-17-14(15-10(2)18-19-20-15)13-6-4-5-11-9-16-8-7-12(11)13/h4-9,14,17H,3H2,1-2H3. The summed E-state index contributed by atoms with van der Waals surface area (Å²) in [7, 11) is 0. The molecule has 0 fully saturated rings. The van der Waals surface area contributed by atoms with E-state index in [4.69, 9.17) is 0 Å². The highest BCUT2D eigenvalue weighted by molar-refractivity contribution is 7.05. The highest BCUT2D eigenvalue weighted by atomic mass is 32.1. The van der Waals surface area contributed by atoms with Crippen molar-refractivity contribution in [2.75, 3.05) is 6.54 Å². The molecule has 20 heavy (non-hydrogen) atoms. The van der Waals surface area contributed by atoms with Crippen LogP contribution in [0.3, 0.4) is 0 Å². The van der Waals surface area contributed by atoms with Crippen LogP contribution in [0.5, 0.6) is 0 Å². The first-order chi connectivity index (χ1) is 9.81. The molecule has 0 bridgehead atoms. The zero-order valence-corrected chi connectivity index (χ0v) is 12.3. The lowest BCUT2D eigenvalue weighted by molar-refractivity contribution is 0.639. The first kappa shape index (κ1) is 13.1. The number of benzene rings is 1. The van der Waals surface area contributed by atoms with Crippen LogP contribution in [0.25, 0.3) is 10.8 Å². The van der Waals surface area contributed by atoms with Gasteiger partial charge in [0.05, 0.1) is 16.6 Å². The van der Waals surface area contributed by atoms with Gasteiger partial charge in [-0.25, -0.2) is 0 Å². The van der Waals surface area contributed by atoms with E-state index in [0.29, 0.717) is 0 Å². The Bertz CT molecular complexity index is 717. The first-order valence-electron chi connectivity index (χ1n) is 6.66. The molecule has 0 saturated carbocycles. The molecule has 3 rings (SSSR count). The minimum absolute atomic E-state index is 0.131. The van der Waals surface area contributed by atoms with Gasteiger partial charge in [-0.05, 0) is 42.0 Å². The number of nitrogens with one attached hydrogen (secondary N) is 1. The van der Waals surface area contributed by atoms with Gasteiger partial charge in [-0.1, -0.05) is 29.6 Å². The maximum atomic E-state index is 4.20. The highest BCUT2D eigenvalue weighted by Crippen LogP contribution is 2.31. The van der Waals surface area contributed by atoms with Gasteiger partial charge in [-0.15, -0.1) is 5.10 Å². The summed E-state index contributed by atoms with van der Waals surface area (Å²) in [5.41, 5.74) is 2.24. The number of fused-ring (bicyclic) bond motifs is 1. The lowest BCUT2D eigenvalue weighted by Crippen LogP contribution is -2.22. The predicted octanol–water partition coefficient (Wildman–Crippen LogP) is 3.09. The Balaban J connectivity index is 2.17. The average molecular weight is 284 g/mol. The second-order valence-corrected chi connectivity index (χ2v) is 5.44. The third-order valence-electron chi connectivity index (χ3n) is 3.38. The summed E-state index contributed by atoms with van der Waals surface area (Å²) >= 11 is 1.46. The Morgan fingerprint density at radius 1 is 1.30 bits per heavy atom. The smallest absolute Gasteiger partial charge is 0.0776 e. The molecule has 3 aromatic rings. The first-order valence-corrected chi connectivity index (χ1v) is 7.43. The second-order valence-electron chi connectivity index (χ2n) is 4.66. The SMILES string of the molecule is CCNC(c1snnc1C)c1cccc2cnccc12. The van der Waals surface area contributed by atoms with Gasteiger partial charge in [0.25, 0.3) is 0 Å². The molecule has 0 aliphatic carbocycles. The maximum absolute atomic E-state index is 4.20. The zero-order valence-electron chi connectivity index (χ0n) is 11.5. The molecule has 5 heteroatoms. The molecule has 0 radical (unpaired) electrons. The van der Waals surface area contributed by atoms with Crippen molar-refractivity contribution in [3.05, 3.63) is 52.8 Å². The Morgan fingerprint density at radius 3 is 2.95 bits per heavy atom. The van der Waals surface area contributed by atoms with E-state index < -0.39 is 0 Å². The second kappa shape index (κ2) is 5.64. The largest absolute Gasteiger partial charge is 0.306 e. The van der Waals surface area contributed by atoms with Crippen molar-refractivity contribution < 1.29 is 0 Å². The highest BCUT2D eigenvalue weighted by Gasteiger charge is 2.20. The van der Waals surface area contributed by atoms with Crippen molar-refractivity contribution in [1.29, 1.82) is 0 Å². The Labute approximate surface area is 122 Å². The minimum atomic E-state index is 0.131. The summed E-state index contributed by atoms with van der Waals surface area (Å²) in [5.74, 6) is 0. The van der Waals surface area contributed by atoms with E-state index in [0.717, 1.165) is 17.6 Å². The number of aromatic nitrogens is 3. The van der Waals surface area contributed by atoms with E-state index in [1.807, 2.05) is 19.3 Å². The van der Waals surface area contributed by atoms with Gasteiger partial charge in [0.1, 0.15) is 0 Å². The summed E-state index contributed by atoms with van der Waals surface area (Å²) in [5, 5.41) is 10.1. The number of nitrogens with zero attached hydrogens (tertiary/aromatic N) is 3. The van der Waals surface area contributed by atoms with Gasteiger partial charge in [0.15, 0.2) is 0 Å². The summed E-state index contributed by atoms with van der Waals surface area (Å²) in [4.78, 5) is 5.37. The van der Waals surface area contributed by atoms with E-state index in [9.17, 15) is 0 Å². The van der Waals surface area contributed by atoms with Crippen molar-refractivity contribution in [1.82, 2.24) is 19.9 Å². The van der Waals surface area contributed by atoms with Crippen LogP contribution < -0.4 is 5.32 Å². The van der Waals surface area contributed by atoms with Crippen molar-refractivity contribution in [3.63, 3.8) is 0 Å². The fourth-order valence-electron chi connectivity index (χ4n) is 2.45. The van der Waals surface area contributed by atoms with E-state index in [-0.39, 0.29) is 6.04 Å². The van der Waals surface area contributed by atoms with Crippen molar-refractivity contribution in [2.45, 2.75) is 19.9 Å². The third-order valence-corrected chi connectivity index (χ3v) is 4.27. The molecule has 102 valence electrons. The molecule has 2 heterocycles. The Morgan fingerprint density at radius 2 is 2.20 bits per heavy atom. The fourth-order valence-corrected chi connectivity index (χ4v) is 3.19. The summed E-state index contributed by atoms with van der Waals surface area (Å²) in [6, 6.07) is 8.53. The monoisotopic (exact) mass is 284 g/mol. The molecular weight excluding hydrogens is 268 g/mol. The normalized spacial score (nSPS) is 12.7. The molecule has 1 aromatic carbocycles. The average Bonchev–Trinajstić information content (AvgIpc) is 2.90. The number of aryl methyl sites for hydroxylation is 1. The molecular formula is C15H16N4S. The molecule has 4 nitrogen and oxygen atoms in total. The Kier molecular flexibility index (Phi) is 3.71. The van der Waals surface area contributed by atoms with E-state index in [1.165, 1.54) is 27.4 Å². The number of hydrogen-bond donors (Lipinski definition) is 1. The molecule has 0 aliphatic heterocycles. The van der Waals surface area contributed by atoms with Crippen LogP contribution in [0.1, 0.15) is 29.1 Å². The van der Waals surface area contributed by atoms with Gasteiger partial charge in [-0.2, -0.15) is 0 Å². The van der Waals surface area contributed by atoms with Crippen molar-refractivity contribution >= 4 is 22.3 Å². The topological polar surface area (TPSA) is 50.7 Å². The summed E-state index contributed by atoms with van der Waals surface area (Å²) < 4.78 is 4.07. The van der Waals surface area contributed by atoms with Crippen LogP contribution in [-0.4, -0.2) is 21.1 Å². The van der Waals surface area contributed by atoms with Gasteiger partial charge in [-0.3, -0.25) is 4.98 Å². The van der Waals surface area contributed by atoms with E-state index in [1.54, 1.807) is 0 Å². The number of hydrogen-bond acceptors (Lipinski definition) is 5.